The normalized spacial score (nSPS) is 16.5. The number of nitrogens with one attached hydrogen (secondary N) is 1. The van der Waals surface area contributed by atoms with Crippen LogP contribution >= 0.6 is 11.6 Å². The van der Waals surface area contributed by atoms with Crippen molar-refractivity contribution in [1.29, 1.82) is 0 Å². The Morgan fingerprint density at radius 3 is 2.52 bits per heavy atom. The Morgan fingerprint density at radius 2 is 1.90 bits per heavy atom. The van der Waals surface area contributed by atoms with E-state index in [1.807, 2.05) is 0 Å². The van der Waals surface area contributed by atoms with Crippen LogP contribution in [0.15, 0.2) is 24.3 Å². The van der Waals surface area contributed by atoms with Gasteiger partial charge in [-0.3, -0.25) is 9.59 Å². The fraction of sp³-hybridized carbons (Fsp3) is 0.500. The van der Waals surface area contributed by atoms with E-state index in [-0.39, 0.29) is 18.4 Å². The Hall–Kier alpha value is -1.55. The number of carbonyl (C=O) groups is 2. The molecule has 1 aromatic carbocycles. The first-order valence-electron chi connectivity index (χ1n) is 7.29. The van der Waals surface area contributed by atoms with Crippen molar-refractivity contribution in [2.75, 3.05) is 0 Å². The molecule has 1 amide bonds. The maximum atomic E-state index is 11.9. The van der Waals surface area contributed by atoms with Crippen LogP contribution in [0, 0.1) is 0 Å². The minimum Gasteiger partial charge on any atom is -0.452 e. The second-order valence-corrected chi connectivity index (χ2v) is 5.86. The Bertz CT molecular complexity index is 495. The van der Waals surface area contributed by atoms with Crippen LogP contribution in [-0.4, -0.2) is 24.0 Å². The minimum atomic E-state index is -0.759. The van der Waals surface area contributed by atoms with Crippen molar-refractivity contribution in [3.63, 3.8) is 0 Å². The summed E-state index contributed by atoms with van der Waals surface area (Å²) < 4.78 is 5.17. The van der Waals surface area contributed by atoms with Crippen molar-refractivity contribution in [2.24, 2.45) is 0 Å². The highest BCUT2D eigenvalue weighted by Crippen LogP contribution is 2.17. The van der Waals surface area contributed by atoms with Crippen LogP contribution in [0.5, 0.6) is 0 Å². The van der Waals surface area contributed by atoms with E-state index >= 15 is 0 Å². The van der Waals surface area contributed by atoms with Crippen LogP contribution in [0.1, 0.15) is 38.2 Å². The van der Waals surface area contributed by atoms with Gasteiger partial charge in [-0.1, -0.05) is 36.6 Å². The second-order valence-electron chi connectivity index (χ2n) is 5.43. The monoisotopic (exact) mass is 309 g/mol. The molecule has 1 aliphatic carbocycles. The van der Waals surface area contributed by atoms with E-state index in [9.17, 15) is 9.59 Å². The predicted octanol–water partition coefficient (Wildman–Crippen LogP) is 2.87. The van der Waals surface area contributed by atoms with Crippen LogP contribution < -0.4 is 5.32 Å². The zero-order chi connectivity index (χ0) is 15.2. The highest BCUT2D eigenvalue weighted by atomic mass is 35.5. The van der Waals surface area contributed by atoms with Gasteiger partial charge in [-0.15, -0.1) is 0 Å². The van der Waals surface area contributed by atoms with Gasteiger partial charge in [-0.05, 0) is 37.5 Å². The van der Waals surface area contributed by atoms with E-state index in [1.165, 1.54) is 0 Å². The molecule has 1 aliphatic rings. The minimum absolute atomic E-state index is 0.137. The van der Waals surface area contributed by atoms with Crippen molar-refractivity contribution < 1.29 is 14.3 Å². The number of hydrogen-bond donors (Lipinski definition) is 1. The number of ether oxygens (including phenoxy) is 1. The fourth-order valence-corrected chi connectivity index (χ4v) is 2.58. The third-order valence-corrected chi connectivity index (χ3v) is 3.89. The molecule has 0 heterocycles. The van der Waals surface area contributed by atoms with Crippen molar-refractivity contribution in [2.45, 2.75) is 51.2 Å². The van der Waals surface area contributed by atoms with E-state index in [0.717, 1.165) is 31.2 Å². The SMILES string of the molecule is C[C@H](OC(=O)Cc1ccc(Cl)cc1)C(=O)NC1CCCC1. The summed E-state index contributed by atoms with van der Waals surface area (Å²) in [6, 6.07) is 7.22. The third-order valence-electron chi connectivity index (χ3n) is 3.64. The number of benzene rings is 1. The van der Waals surface area contributed by atoms with Gasteiger partial charge in [0.25, 0.3) is 5.91 Å². The summed E-state index contributed by atoms with van der Waals surface area (Å²) >= 11 is 5.79. The largest absolute Gasteiger partial charge is 0.452 e. The van der Waals surface area contributed by atoms with Gasteiger partial charge < -0.3 is 10.1 Å². The van der Waals surface area contributed by atoms with Crippen molar-refractivity contribution >= 4 is 23.5 Å². The van der Waals surface area contributed by atoms with Crippen molar-refractivity contribution in [3.8, 4) is 0 Å². The predicted molar refractivity (Wildman–Crippen MR) is 81.1 cm³/mol. The molecule has 0 spiro atoms. The van der Waals surface area contributed by atoms with E-state index < -0.39 is 12.1 Å². The fourth-order valence-electron chi connectivity index (χ4n) is 2.45. The zero-order valence-electron chi connectivity index (χ0n) is 12.1. The van der Waals surface area contributed by atoms with Crippen LogP contribution in [-0.2, 0) is 20.7 Å². The van der Waals surface area contributed by atoms with Gasteiger partial charge in [-0.25, -0.2) is 0 Å². The lowest BCUT2D eigenvalue weighted by atomic mass is 10.1. The molecule has 0 aromatic heterocycles. The quantitative estimate of drug-likeness (QED) is 0.851. The highest BCUT2D eigenvalue weighted by molar-refractivity contribution is 6.30. The van der Waals surface area contributed by atoms with Crippen molar-refractivity contribution in [1.82, 2.24) is 5.32 Å². The summed E-state index contributed by atoms with van der Waals surface area (Å²) in [5.41, 5.74) is 0.813. The third kappa shape index (κ3) is 5.05. The molecule has 1 N–H and O–H groups in total. The molecule has 114 valence electrons. The summed E-state index contributed by atoms with van der Waals surface area (Å²) in [6.45, 7) is 1.60. The van der Waals surface area contributed by atoms with Crippen LogP contribution in [0.2, 0.25) is 5.02 Å². The summed E-state index contributed by atoms with van der Waals surface area (Å²) in [4.78, 5) is 23.7. The molecule has 0 saturated heterocycles. The molecule has 1 fully saturated rings. The number of halogens is 1. The van der Waals surface area contributed by atoms with Crippen LogP contribution in [0.4, 0.5) is 0 Å². The van der Waals surface area contributed by atoms with Gasteiger partial charge in [0.05, 0.1) is 6.42 Å². The maximum Gasteiger partial charge on any atom is 0.311 e. The molecular formula is C16H20ClNO3. The number of carbonyl (C=O) groups excluding carboxylic acids is 2. The Morgan fingerprint density at radius 1 is 1.29 bits per heavy atom. The zero-order valence-corrected chi connectivity index (χ0v) is 12.9. The Kier molecular flexibility index (Phi) is 5.62. The molecule has 0 bridgehead atoms. The lowest BCUT2D eigenvalue weighted by molar-refractivity contribution is -0.154. The number of hydrogen-bond acceptors (Lipinski definition) is 3. The van der Waals surface area contributed by atoms with E-state index in [2.05, 4.69) is 5.32 Å². The molecule has 0 aliphatic heterocycles. The maximum absolute atomic E-state index is 11.9. The first-order chi connectivity index (χ1) is 10.0. The molecule has 0 radical (unpaired) electrons. The van der Waals surface area contributed by atoms with Crippen LogP contribution in [0.3, 0.4) is 0 Å². The average Bonchev–Trinajstić information content (AvgIpc) is 2.94. The molecule has 0 unspecified atom stereocenters. The van der Waals surface area contributed by atoms with Crippen molar-refractivity contribution in [3.05, 3.63) is 34.9 Å². The lowest BCUT2D eigenvalue weighted by Gasteiger charge is -2.17. The highest BCUT2D eigenvalue weighted by Gasteiger charge is 2.22. The Labute approximate surface area is 129 Å². The van der Waals surface area contributed by atoms with E-state index in [4.69, 9.17) is 16.3 Å². The smallest absolute Gasteiger partial charge is 0.311 e. The van der Waals surface area contributed by atoms with Gasteiger partial charge >= 0.3 is 5.97 Å². The molecule has 2 rings (SSSR count). The van der Waals surface area contributed by atoms with Crippen LogP contribution in [0.25, 0.3) is 0 Å². The van der Waals surface area contributed by atoms with Gasteiger partial charge in [-0.2, -0.15) is 0 Å². The lowest BCUT2D eigenvalue weighted by Crippen LogP contribution is -2.41. The molecule has 1 atom stereocenters. The van der Waals surface area contributed by atoms with E-state index in [0.29, 0.717) is 5.02 Å². The summed E-state index contributed by atoms with van der Waals surface area (Å²) in [7, 11) is 0. The average molecular weight is 310 g/mol. The molecule has 4 nitrogen and oxygen atoms in total. The molecule has 21 heavy (non-hydrogen) atoms. The van der Waals surface area contributed by atoms with Gasteiger partial charge in [0, 0.05) is 11.1 Å². The van der Waals surface area contributed by atoms with Gasteiger partial charge in [0.1, 0.15) is 0 Å². The molecule has 1 aromatic rings. The van der Waals surface area contributed by atoms with Gasteiger partial charge in [0.15, 0.2) is 6.10 Å². The van der Waals surface area contributed by atoms with Gasteiger partial charge in [0.2, 0.25) is 0 Å². The molecular weight excluding hydrogens is 290 g/mol. The Balaban J connectivity index is 1.78. The standard InChI is InChI=1S/C16H20ClNO3/c1-11(16(20)18-14-4-2-3-5-14)21-15(19)10-12-6-8-13(17)9-7-12/h6-9,11,14H,2-5,10H2,1H3,(H,18,20)/t11-/m0/s1. The number of esters is 1. The first-order valence-corrected chi connectivity index (χ1v) is 7.66. The summed E-state index contributed by atoms with van der Waals surface area (Å²) in [5, 5.41) is 3.54. The second kappa shape index (κ2) is 7.46. The molecule has 5 heteroatoms. The summed E-state index contributed by atoms with van der Waals surface area (Å²) in [6.07, 6.45) is 3.70. The number of amides is 1. The first kappa shape index (κ1) is 15.8. The van der Waals surface area contributed by atoms with E-state index in [1.54, 1.807) is 31.2 Å². The topological polar surface area (TPSA) is 55.4 Å². The number of rotatable bonds is 5. The molecule has 1 saturated carbocycles. The summed E-state index contributed by atoms with van der Waals surface area (Å²) in [5.74, 6) is -0.627.